The van der Waals surface area contributed by atoms with E-state index in [1.54, 1.807) is 11.3 Å². The van der Waals surface area contributed by atoms with Crippen molar-refractivity contribution in [2.45, 2.75) is 11.8 Å². The van der Waals surface area contributed by atoms with E-state index in [1.807, 2.05) is 29.8 Å². The van der Waals surface area contributed by atoms with Gasteiger partial charge in [-0.15, -0.1) is 11.3 Å². The average Bonchev–Trinajstić information content (AvgIpc) is 3.31. The van der Waals surface area contributed by atoms with E-state index in [1.165, 1.54) is 7.11 Å². The van der Waals surface area contributed by atoms with Gasteiger partial charge in [0.1, 0.15) is 0 Å². The second-order valence-electron chi connectivity index (χ2n) is 5.68. The maximum Gasteiger partial charge on any atom is 0.359 e. The van der Waals surface area contributed by atoms with E-state index in [-0.39, 0.29) is 5.41 Å². The van der Waals surface area contributed by atoms with Crippen molar-refractivity contribution in [3.63, 3.8) is 0 Å². The third-order valence-corrected chi connectivity index (χ3v) is 5.02. The number of carbonyl (C=O) groups is 1. The fraction of sp³-hybridized carbons (Fsp3) is 0.167. The summed E-state index contributed by atoms with van der Waals surface area (Å²) in [6.45, 7) is 0. The maximum absolute atomic E-state index is 11.9. The molecule has 2 aromatic heterocycles. The van der Waals surface area contributed by atoms with Crippen molar-refractivity contribution in [1.82, 2.24) is 15.2 Å². The molecule has 0 aliphatic heterocycles. The Morgan fingerprint density at radius 3 is 2.88 bits per heavy atom. The van der Waals surface area contributed by atoms with Crippen LogP contribution in [0.15, 0.2) is 47.3 Å². The summed E-state index contributed by atoms with van der Waals surface area (Å²) in [4.78, 5) is 16.4. The first-order valence-electron chi connectivity index (χ1n) is 7.53. The number of methoxy groups -OCH3 is 1. The summed E-state index contributed by atoms with van der Waals surface area (Å²) < 4.78 is 4.80. The van der Waals surface area contributed by atoms with Gasteiger partial charge in [-0.3, -0.25) is 5.10 Å². The summed E-state index contributed by atoms with van der Waals surface area (Å²) >= 11 is 1.58. The smallest absolute Gasteiger partial charge is 0.359 e. The Hall–Kier alpha value is -2.73. The largest absolute Gasteiger partial charge is 0.464 e. The predicted molar refractivity (Wildman–Crippen MR) is 92.0 cm³/mol. The second kappa shape index (κ2) is 5.72. The number of hydrogen-bond donors (Lipinski definition) is 1. The number of esters is 1. The van der Waals surface area contributed by atoms with Gasteiger partial charge in [0.25, 0.3) is 0 Å². The minimum Gasteiger partial charge on any atom is -0.464 e. The number of hydrogen-bond acceptors (Lipinski definition) is 5. The van der Waals surface area contributed by atoms with E-state index in [9.17, 15) is 4.79 Å². The molecule has 0 amide bonds. The number of nitrogens with one attached hydrogen (secondary N) is 1. The minimum absolute atomic E-state index is 0.323. The van der Waals surface area contributed by atoms with Gasteiger partial charge in [-0.1, -0.05) is 42.5 Å². The highest BCUT2D eigenvalue weighted by Gasteiger charge is 2.38. The summed E-state index contributed by atoms with van der Waals surface area (Å²) in [5, 5.41) is 9.21. The summed E-state index contributed by atoms with van der Waals surface area (Å²) in [6, 6.07) is 10.3. The molecule has 1 aromatic carbocycles. The Morgan fingerprint density at radius 2 is 2.17 bits per heavy atom. The molecular formula is C18H15N3O2S. The van der Waals surface area contributed by atoms with Gasteiger partial charge in [-0.25, -0.2) is 9.78 Å². The van der Waals surface area contributed by atoms with Gasteiger partial charge in [-0.2, -0.15) is 5.10 Å². The monoisotopic (exact) mass is 337 g/mol. The van der Waals surface area contributed by atoms with Crippen LogP contribution in [-0.2, 0) is 16.6 Å². The molecule has 120 valence electrons. The maximum atomic E-state index is 11.9. The third-order valence-electron chi connectivity index (χ3n) is 4.43. The van der Waals surface area contributed by atoms with Crippen molar-refractivity contribution in [3.8, 4) is 0 Å². The van der Waals surface area contributed by atoms with Crippen LogP contribution in [0.2, 0.25) is 0 Å². The number of benzene rings is 1. The molecule has 0 radical (unpaired) electrons. The molecule has 0 fully saturated rings. The topological polar surface area (TPSA) is 67.9 Å². The van der Waals surface area contributed by atoms with E-state index in [4.69, 9.17) is 4.74 Å². The molecule has 2 heterocycles. The lowest BCUT2D eigenvalue weighted by Crippen LogP contribution is -2.31. The third kappa shape index (κ3) is 2.18. The number of rotatable bonds is 3. The van der Waals surface area contributed by atoms with Crippen LogP contribution >= 0.6 is 11.3 Å². The van der Waals surface area contributed by atoms with Crippen LogP contribution in [0.5, 0.6) is 0 Å². The molecule has 0 saturated carbocycles. The molecule has 6 heteroatoms. The summed E-state index contributed by atoms with van der Waals surface area (Å²) in [7, 11) is 1.36. The normalized spacial score (nSPS) is 19.0. The molecular weight excluding hydrogens is 322 g/mol. The number of aromatic nitrogens is 3. The number of ether oxygens (including phenoxy) is 1. The lowest BCUT2D eigenvalue weighted by atomic mass is 9.71. The number of H-pyrrole nitrogens is 1. The standard InChI is InChI=1S/C18H15N3O2S/c1-23-17(22)16-13-7-8-18(9-14(13)20-21-16,15-10-24-11-19-15)12-5-3-2-4-6-12/h2-8,10-11H,9H2,1H3,(H,20,21). The van der Waals surface area contributed by atoms with Crippen LogP contribution in [0.25, 0.3) is 6.08 Å². The average molecular weight is 337 g/mol. The van der Waals surface area contributed by atoms with E-state index in [0.29, 0.717) is 12.1 Å². The fourth-order valence-corrected chi connectivity index (χ4v) is 3.84. The van der Waals surface area contributed by atoms with Gasteiger partial charge < -0.3 is 4.74 Å². The molecule has 0 spiro atoms. The molecule has 1 atom stereocenters. The molecule has 4 rings (SSSR count). The summed E-state index contributed by atoms with van der Waals surface area (Å²) in [6.07, 6.45) is 4.72. The van der Waals surface area contributed by atoms with Crippen LogP contribution in [-0.4, -0.2) is 28.3 Å². The molecule has 1 aliphatic carbocycles. The van der Waals surface area contributed by atoms with Gasteiger partial charge in [0.15, 0.2) is 5.69 Å². The van der Waals surface area contributed by atoms with Crippen molar-refractivity contribution in [3.05, 3.63) is 75.5 Å². The SMILES string of the molecule is COC(=O)c1n[nH]c2c1C=CC(c1ccccc1)(c1cscn1)C2. The van der Waals surface area contributed by atoms with Crippen LogP contribution in [0.3, 0.4) is 0 Å². The van der Waals surface area contributed by atoms with Crippen LogP contribution in [0.1, 0.15) is 33.0 Å². The lowest BCUT2D eigenvalue weighted by Gasteiger charge is -2.32. The van der Waals surface area contributed by atoms with Crippen LogP contribution < -0.4 is 0 Å². The number of aromatic amines is 1. The Morgan fingerprint density at radius 1 is 1.33 bits per heavy atom. The van der Waals surface area contributed by atoms with E-state index < -0.39 is 5.97 Å². The Kier molecular flexibility index (Phi) is 3.54. The highest BCUT2D eigenvalue weighted by atomic mass is 32.1. The van der Waals surface area contributed by atoms with Gasteiger partial charge in [0.05, 0.1) is 23.7 Å². The molecule has 3 aromatic rings. The quantitative estimate of drug-likeness (QED) is 0.745. The molecule has 0 bridgehead atoms. The first kappa shape index (κ1) is 14.8. The van der Waals surface area contributed by atoms with Crippen molar-refractivity contribution in [2.75, 3.05) is 7.11 Å². The summed E-state index contributed by atoms with van der Waals surface area (Å²) in [5.41, 5.74) is 5.66. The van der Waals surface area contributed by atoms with Crippen molar-refractivity contribution in [2.24, 2.45) is 0 Å². The van der Waals surface area contributed by atoms with E-state index in [2.05, 4.69) is 38.8 Å². The first-order chi connectivity index (χ1) is 11.7. The zero-order valence-electron chi connectivity index (χ0n) is 13.0. The second-order valence-corrected chi connectivity index (χ2v) is 6.40. The molecule has 5 nitrogen and oxygen atoms in total. The minimum atomic E-state index is -0.432. The van der Waals surface area contributed by atoms with Crippen LogP contribution in [0, 0.1) is 0 Å². The molecule has 1 N–H and O–H groups in total. The zero-order valence-corrected chi connectivity index (χ0v) is 13.8. The van der Waals surface area contributed by atoms with E-state index >= 15 is 0 Å². The van der Waals surface area contributed by atoms with Gasteiger partial charge in [0.2, 0.25) is 0 Å². The Balaban J connectivity index is 1.86. The van der Waals surface area contributed by atoms with E-state index in [0.717, 1.165) is 22.5 Å². The summed E-state index contributed by atoms with van der Waals surface area (Å²) in [5.74, 6) is -0.432. The van der Waals surface area contributed by atoms with Crippen molar-refractivity contribution < 1.29 is 9.53 Å². The van der Waals surface area contributed by atoms with Gasteiger partial charge in [0, 0.05) is 23.1 Å². The highest BCUT2D eigenvalue weighted by Crippen LogP contribution is 2.41. The molecule has 1 aliphatic rings. The number of fused-ring (bicyclic) bond motifs is 1. The number of nitrogens with zero attached hydrogens (tertiary/aromatic N) is 2. The predicted octanol–water partition coefficient (Wildman–Crippen LogP) is 3.21. The highest BCUT2D eigenvalue weighted by molar-refractivity contribution is 7.07. The number of allylic oxidation sites excluding steroid dienone is 1. The Labute approximate surface area is 143 Å². The van der Waals surface area contributed by atoms with Gasteiger partial charge >= 0.3 is 5.97 Å². The van der Waals surface area contributed by atoms with Crippen LogP contribution in [0.4, 0.5) is 0 Å². The first-order valence-corrected chi connectivity index (χ1v) is 8.48. The van der Waals surface area contributed by atoms with Gasteiger partial charge in [-0.05, 0) is 5.56 Å². The number of carbonyl (C=O) groups excluding carboxylic acids is 1. The van der Waals surface area contributed by atoms with Crippen molar-refractivity contribution >= 4 is 23.4 Å². The zero-order chi connectivity index (χ0) is 16.6. The fourth-order valence-electron chi connectivity index (χ4n) is 3.21. The molecule has 0 saturated heterocycles. The Bertz CT molecular complexity index is 900. The lowest BCUT2D eigenvalue weighted by molar-refractivity contribution is 0.0593. The van der Waals surface area contributed by atoms with Crippen molar-refractivity contribution in [1.29, 1.82) is 0 Å². The molecule has 24 heavy (non-hydrogen) atoms. The number of thiazole rings is 1. The molecule has 1 unspecified atom stereocenters.